The van der Waals surface area contributed by atoms with Gasteiger partial charge in [-0.1, -0.05) is 38.0 Å². The molecule has 0 saturated carbocycles. The minimum atomic E-state index is -0.980. The lowest BCUT2D eigenvalue weighted by atomic mass is 9.94. The highest BCUT2D eigenvalue weighted by molar-refractivity contribution is 7.80. The van der Waals surface area contributed by atoms with Gasteiger partial charge in [0.15, 0.2) is 0 Å². The molecule has 2 aromatic rings. The van der Waals surface area contributed by atoms with Gasteiger partial charge in [-0.2, -0.15) is 12.6 Å². The van der Waals surface area contributed by atoms with Crippen LogP contribution in [-0.4, -0.2) is 53.9 Å². The number of nitrogens with one attached hydrogen (secondary N) is 2. The van der Waals surface area contributed by atoms with Gasteiger partial charge in [-0.05, 0) is 82.0 Å². The third kappa shape index (κ3) is 9.49. The van der Waals surface area contributed by atoms with Gasteiger partial charge < -0.3 is 25.0 Å². The average Bonchev–Trinajstić information content (AvgIpc) is 2.88. The Balaban J connectivity index is 2.52. The van der Waals surface area contributed by atoms with E-state index in [1.165, 1.54) is 0 Å². The number of methoxy groups -OCH3 is 1. The van der Waals surface area contributed by atoms with E-state index >= 15 is 0 Å². The van der Waals surface area contributed by atoms with Gasteiger partial charge in [0, 0.05) is 18.0 Å². The summed E-state index contributed by atoms with van der Waals surface area (Å²) in [6.07, 6.45) is 1.81. The van der Waals surface area contributed by atoms with E-state index < -0.39 is 29.7 Å². The largest absolute Gasteiger partial charge is 0.497 e. The number of ether oxygens (including phenoxy) is 2. The fourth-order valence-electron chi connectivity index (χ4n) is 4.14. The van der Waals surface area contributed by atoms with E-state index in [-0.39, 0.29) is 11.7 Å². The van der Waals surface area contributed by atoms with Crippen LogP contribution in [0.4, 0.5) is 10.5 Å². The second-order valence-electron chi connectivity index (χ2n) is 10.5. The number of amides is 3. The van der Waals surface area contributed by atoms with Crippen LogP contribution in [0.2, 0.25) is 0 Å². The fourth-order valence-corrected chi connectivity index (χ4v) is 4.39. The highest BCUT2D eigenvalue weighted by atomic mass is 32.1. The van der Waals surface area contributed by atoms with Gasteiger partial charge in [0.25, 0.3) is 5.91 Å². The first-order valence-corrected chi connectivity index (χ1v) is 14.0. The predicted octanol–water partition coefficient (Wildman–Crippen LogP) is 5.83. The molecule has 9 heteroatoms. The lowest BCUT2D eigenvalue weighted by molar-refractivity contribution is -0.140. The van der Waals surface area contributed by atoms with Gasteiger partial charge >= 0.3 is 6.09 Å². The van der Waals surface area contributed by atoms with Crippen LogP contribution < -0.4 is 15.4 Å². The summed E-state index contributed by atoms with van der Waals surface area (Å²) >= 11 is 4.36. The highest BCUT2D eigenvalue weighted by Gasteiger charge is 2.36. The second-order valence-corrected chi connectivity index (χ2v) is 10.9. The minimum Gasteiger partial charge on any atom is -0.497 e. The summed E-state index contributed by atoms with van der Waals surface area (Å²) < 4.78 is 10.6. The first kappa shape index (κ1) is 32.0. The summed E-state index contributed by atoms with van der Waals surface area (Å²) in [5.74, 6) is -0.0425. The molecule has 0 aliphatic heterocycles. The molecule has 2 unspecified atom stereocenters. The summed E-state index contributed by atoms with van der Waals surface area (Å²) in [6.45, 7) is 11.6. The Kier molecular flexibility index (Phi) is 12.2. The van der Waals surface area contributed by atoms with Crippen LogP contribution in [0.15, 0.2) is 42.5 Å². The van der Waals surface area contributed by atoms with Crippen molar-refractivity contribution in [2.24, 2.45) is 0 Å². The number of rotatable bonds is 12. The molecule has 2 aromatic carbocycles. The molecule has 0 aromatic heterocycles. The summed E-state index contributed by atoms with van der Waals surface area (Å²) in [4.78, 5) is 42.1. The van der Waals surface area contributed by atoms with Gasteiger partial charge in [-0.3, -0.25) is 9.59 Å². The van der Waals surface area contributed by atoms with Crippen LogP contribution in [-0.2, 0) is 14.3 Å². The number of unbranched alkanes of at least 4 members (excludes halogenated alkanes) is 2. The van der Waals surface area contributed by atoms with E-state index in [9.17, 15) is 14.4 Å². The molecule has 0 saturated heterocycles. The van der Waals surface area contributed by atoms with Crippen molar-refractivity contribution in [1.29, 1.82) is 0 Å². The Morgan fingerprint density at radius 2 is 1.69 bits per heavy atom. The topological polar surface area (TPSA) is 97.0 Å². The smallest absolute Gasteiger partial charge is 0.408 e. The quantitative estimate of drug-likeness (QED) is 0.225. The molecule has 0 heterocycles. The number of hydrogen-bond donors (Lipinski definition) is 3. The molecule has 0 spiro atoms. The van der Waals surface area contributed by atoms with Crippen molar-refractivity contribution in [1.82, 2.24) is 10.2 Å². The lowest BCUT2D eigenvalue weighted by Gasteiger charge is -2.35. The standard InChI is InChI=1S/C30H43N3O5S/c1-8-9-10-18-33(28(35)25(19-39)32-29(36)38-30(4,5)6)26(24-13-11-12-20(2)21(24)3)27(34)31-22-14-16-23(37-7)17-15-22/h11-17,25-26,39H,8-10,18-19H2,1-7H3,(H,31,34)(H,32,36). The van der Waals surface area contributed by atoms with E-state index in [2.05, 4.69) is 30.2 Å². The third-order valence-corrected chi connectivity index (χ3v) is 6.68. The Hall–Kier alpha value is -3.20. The van der Waals surface area contributed by atoms with Crippen molar-refractivity contribution in [3.05, 3.63) is 59.2 Å². The van der Waals surface area contributed by atoms with Crippen LogP contribution in [0.5, 0.6) is 5.75 Å². The second kappa shape index (κ2) is 14.8. The van der Waals surface area contributed by atoms with Crippen LogP contribution in [0.3, 0.4) is 0 Å². The summed E-state index contributed by atoms with van der Waals surface area (Å²) in [5, 5.41) is 5.63. The van der Waals surface area contributed by atoms with Gasteiger partial charge in [0.05, 0.1) is 7.11 Å². The number of carbonyl (C=O) groups excluding carboxylic acids is 3. The molecular weight excluding hydrogens is 514 g/mol. The number of thiol groups is 1. The Labute approximate surface area is 238 Å². The number of benzene rings is 2. The molecule has 8 nitrogen and oxygen atoms in total. The maximum atomic E-state index is 14.0. The van der Waals surface area contributed by atoms with Gasteiger partial charge in [-0.15, -0.1) is 0 Å². The Bertz CT molecular complexity index is 1110. The van der Waals surface area contributed by atoms with Crippen molar-refractivity contribution < 1.29 is 23.9 Å². The van der Waals surface area contributed by atoms with Crippen molar-refractivity contribution in [2.75, 3.05) is 24.7 Å². The van der Waals surface area contributed by atoms with Crippen molar-refractivity contribution in [3.63, 3.8) is 0 Å². The number of hydrogen-bond acceptors (Lipinski definition) is 6. The van der Waals surface area contributed by atoms with Crippen molar-refractivity contribution in [3.8, 4) is 5.75 Å². The van der Waals surface area contributed by atoms with E-state index in [0.717, 1.165) is 29.5 Å². The van der Waals surface area contributed by atoms with E-state index in [4.69, 9.17) is 9.47 Å². The summed E-state index contributed by atoms with van der Waals surface area (Å²) in [6, 6.07) is 10.8. The summed E-state index contributed by atoms with van der Waals surface area (Å²) in [5.41, 5.74) is 2.50. The Morgan fingerprint density at radius 1 is 1.03 bits per heavy atom. The third-order valence-electron chi connectivity index (χ3n) is 6.32. The molecular formula is C30H43N3O5S. The van der Waals surface area contributed by atoms with E-state index in [1.54, 1.807) is 57.0 Å². The van der Waals surface area contributed by atoms with Crippen molar-refractivity contribution >= 4 is 36.2 Å². The molecule has 2 atom stereocenters. The number of nitrogens with zero attached hydrogens (tertiary/aromatic N) is 1. The molecule has 0 fully saturated rings. The molecule has 0 aliphatic rings. The zero-order chi connectivity index (χ0) is 29.2. The van der Waals surface area contributed by atoms with Gasteiger partial charge in [0.1, 0.15) is 23.4 Å². The maximum Gasteiger partial charge on any atom is 0.408 e. The molecule has 0 radical (unpaired) electrons. The highest BCUT2D eigenvalue weighted by Crippen LogP contribution is 2.29. The van der Waals surface area contributed by atoms with E-state index in [1.807, 2.05) is 32.0 Å². The zero-order valence-corrected chi connectivity index (χ0v) is 25.1. The number of anilines is 1. The van der Waals surface area contributed by atoms with Crippen molar-refractivity contribution in [2.45, 2.75) is 78.5 Å². The summed E-state index contributed by atoms with van der Waals surface area (Å²) in [7, 11) is 1.58. The maximum absolute atomic E-state index is 14.0. The van der Waals surface area contributed by atoms with Crippen LogP contribution >= 0.6 is 12.6 Å². The molecule has 39 heavy (non-hydrogen) atoms. The Morgan fingerprint density at radius 3 is 2.26 bits per heavy atom. The molecule has 214 valence electrons. The molecule has 2 N–H and O–H groups in total. The first-order chi connectivity index (χ1) is 18.4. The number of carbonyl (C=O) groups is 3. The van der Waals surface area contributed by atoms with Gasteiger partial charge in [0.2, 0.25) is 5.91 Å². The molecule has 0 bridgehead atoms. The predicted molar refractivity (Wildman–Crippen MR) is 159 cm³/mol. The van der Waals surface area contributed by atoms with E-state index in [0.29, 0.717) is 24.4 Å². The molecule has 2 rings (SSSR count). The monoisotopic (exact) mass is 557 g/mol. The number of aryl methyl sites for hydroxylation is 1. The van der Waals surface area contributed by atoms with Crippen LogP contribution in [0.1, 0.15) is 69.7 Å². The number of alkyl carbamates (subject to hydrolysis) is 1. The van der Waals surface area contributed by atoms with Crippen LogP contribution in [0.25, 0.3) is 0 Å². The minimum absolute atomic E-state index is 0.0436. The lowest BCUT2D eigenvalue weighted by Crippen LogP contribution is -2.53. The van der Waals surface area contributed by atoms with Crippen LogP contribution in [0, 0.1) is 13.8 Å². The molecule has 0 aliphatic carbocycles. The SMILES string of the molecule is CCCCCN(C(=O)C(CS)NC(=O)OC(C)(C)C)C(C(=O)Nc1ccc(OC)cc1)c1cccc(C)c1C. The fraction of sp³-hybridized carbons (Fsp3) is 0.500. The normalized spacial score (nSPS) is 12.7. The van der Waals surface area contributed by atoms with Gasteiger partial charge in [-0.25, -0.2) is 4.79 Å². The average molecular weight is 558 g/mol. The first-order valence-electron chi connectivity index (χ1n) is 13.3. The molecule has 3 amide bonds. The zero-order valence-electron chi connectivity index (χ0n) is 24.2.